The van der Waals surface area contributed by atoms with Crippen LogP contribution in [-0.4, -0.2) is 10.9 Å². The van der Waals surface area contributed by atoms with Gasteiger partial charge in [-0.05, 0) is 36.6 Å². The SMILES string of the molecule is ON=C1CCc2c(OCc3cccc(Br)c3)cccc21. The summed E-state index contributed by atoms with van der Waals surface area (Å²) in [6.07, 6.45) is 1.63. The lowest BCUT2D eigenvalue weighted by Gasteiger charge is -2.10. The lowest BCUT2D eigenvalue weighted by molar-refractivity contribution is 0.303. The normalized spacial score (nSPS) is 15.3. The van der Waals surface area contributed by atoms with Crippen LogP contribution in [0, 0.1) is 0 Å². The predicted octanol–water partition coefficient (Wildman–Crippen LogP) is 4.15. The third kappa shape index (κ3) is 2.56. The van der Waals surface area contributed by atoms with Gasteiger partial charge in [0.05, 0.1) is 5.71 Å². The van der Waals surface area contributed by atoms with Gasteiger partial charge in [0.15, 0.2) is 0 Å². The average molecular weight is 332 g/mol. The van der Waals surface area contributed by atoms with Crippen LogP contribution in [-0.2, 0) is 13.0 Å². The fourth-order valence-electron chi connectivity index (χ4n) is 2.50. The van der Waals surface area contributed by atoms with Gasteiger partial charge in [-0.3, -0.25) is 0 Å². The number of ether oxygens (including phenoxy) is 1. The first kappa shape index (κ1) is 13.2. The Morgan fingerprint density at radius 2 is 2.00 bits per heavy atom. The lowest BCUT2D eigenvalue weighted by atomic mass is 10.1. The Morgan fingerprint density at radius 1 is 1.15 bits per heavy atom. The van der Waals surface area contributed by atoms with Crippen molar-refractivity contribution in [1.29, 1.82) is 0 Å². The number of hydrogen-bond donors (Lipinski definition) is 1. The second-order valence-electron chi connectivity index (χ2n) is 4.75. The van der Waals surface area contributed by atoms with Crippen LogP contribution in [0.25, 0.3) is 0 Å². The van der Waals surface area contributed by atoms with Gasteiger partial charge in [-0.25, -0.2) is 0 Å². The molecule has 102 valence electrons. The fourth-order valence-corrected chi connectivity index (χ4v) is 2.95. The predicted molar refractivity (Wildman–Crippen MR) is 81.6 cm³/mol. The van der Waals surface area contributed by atoms with E-state index >= 15 is 0 Å². The Hall–Kier alpha value is -1.81. The molecule has 0 atom stereocenters. The summed E-state index contributed by atoms with van der Waals surface area (Å²) in [5.74, 6) is 0.876. The Kier molecular flexibility index (Phi) is 3.74. The highest BCUT2D eigenvalue weighted by Gasteiger charge is 2.21. The van der Waals surface area contributed by atoms with Crippen molar-refractivity contribution in [3.05, 3.63) is 63.6 Å². The molecule has 1 aliphatic carbocycles. The summed E-state index contributed by atoms with van der Waals surface area (Å²) in [6, 6.07) is 14.0. The Morgan fingerprint density at radius 3 is 2.80 bits per heavy atom. The molecule has 0 aliphatic heterocycles. The maximum atomic E-state index is 8.98. The second-order valence-corrected chi connectivity index (χ2v) is 5.66. The highest BCUT2D eigenvalue weighted by Crippen LogP contribution is 2.31. The van der Waals surface area contributed by atoms with E-state index in [0.29, 0.717) is 6.61 Å². The van der Waals surface area contributed by atoms with Gasteiger partial charge in [0.2, 0.25) is 0 Å². The van der Waals surface area contributed by atoms with Gasteiger partial charge in [-0.1, -0.05) is 45.4 Å². The van der Waals surface area contributed by atoms with Crippen molar-refractivity contribution >= 4 is 21.6 Å². The van der Waals surface area contributed by atoms with E-state index in [2.05, 4.69) is 21.1 Å². The smallest absolute Gasteiger partial charge is 0.123 e. The molecule has 0 heterocycles. The molecule has 2 aromatic carbocycles. The summed E-state index contributed by atoms with van der Waals surface area (Å²) < 4.78 is 6.97. The number of rotatable bonds is 3. The molecule has 4 heteroatoms. The van der Waals surface area contributed by atoms with Crippen molar-refractivity contribution in [2.45, 2.75) is 19.4 Å². The molecule has 0 amide bonds. The topological polar surface area (TPSA) is 41.8 Å². The molecule has 1 N–H and O–H groups in total. The zero-order chi connectivity index (χ0) is 13.9. The van der Waals surface area contributed by atoms with Gasteiger partial charge in [-0.2, -0.15) is 0 Å². The maximum Gasteiger partial charge on any atom is 0.123 e. The molecule has 20 heavy (non-hydrogen) atoms. The molecule has 3 rings (SSSR count). The summed E-state index contributed by atoms with van der Waals surface area (Å²) in [7, 11) is 0. The molecule has 0 bridgehead atoms. The summed E-state index contributed by atoms with van der Waals surface area (Å²) in [5.41, 5.74) is 3.99. The largest absolute Gasteiger partial charge is 0.489 e. The van der Waals surface area contributed by atoms with Gasteiger partial charge in [0.25, 0.3) is 0 Å². The van der Waals surface area contributed by atoms with Crippen LogP contribution in [0.3, 0.4) is 0 Å². The number of hydrogen-bond acceptors (Lipinski definition) is 3. The summed E-state index contributed by atoms with van der Waals surface area (Å²) in [5, 5.41) is 12.3. The summed E-state index contributed by atoms with van der Waals surface area (Å²) >= 11 is 3.46. The molecule has 2 aromatic rings. The first-order valence-electron chi connectivity index (χ1n) is 6.48. The van der Waals surface area contributed by atoms with Crippen molar-refractivity contribution < 1.29 is 9.94 Å². The molecule has 0 radical (unpaired) electrons. The molecular weight excluding hydrogens is 318 g/mol. The van der Waals surface area contributed by atoms with Crippen LogP contribution in [0.5, 0.6) is 5.75 Å². The second kappa shape index (κ2) is 5.67. The van der Waals surface area contributed by atoms with Crippen molar-refractivity contribution in [3.63, 3.8) is 0 Å². The van der Waals surface area contributed by atoms with Crippen LogP contribution in [0.15, 0.2) is 52.1 Å². The van der Waals surface area contributed by atoms with Gasteiger partial charge >= 0.3 is 0 Å². The molecule has 0 fully saturated rings. The van der Waals surface area contributed by atoms with E-state index in [4.69, 9.17) is 9.94 Å². The highest BCUT2D eigenvalue weighted by atomic mass is 79.9. The standard InChI is InChI=1S/C16H14BrNO2/c17-12-4-1-3-11(9-12)10-20-16-6-2-5-13-14(16)7-8-15(13)18-19/h1-6,9,19H,7-8,10H2. The minimum absolute atomic E-state index is 0.529. The van der Waals surface area contributed by atoms with E-state index in [9.17, 15) is 0 Å². The summed E-state index contributed by atoms with van der Waals surface area (Å²) in [4.78, 5) is 0. The van der Waals surface area contributed by atoms with Crippen molar-refractivity contribution in [3.8, 4) is 5.75 Å². The van der Waals surface area contributed by atoms with Crippen LogP contribution in [0.2, 0.25) is 0 Å². The number of fused-ring (bicyclic) bond motifs is 1. The quantitative estimate of drug-likeness (QED) is 0.678. The van der Waals surface area contributed by atoms with E-state index in [1.54, 1.807) is 0 Å². The van der Waals surface area contributed by atoms with Crippen LogP contribution >= 0.6 is 15.9 Å². The molecule has 0 aromatic heterocycles. The summed E-state index contributed by atoms with van der Waals surface area (Å²) in [6.45, 7) is 0.529. The molecule has 3 nitrogen and oxygen atoms in total. The number of oxime groups is 1. The first-order chi connectivity index (χ1) is 9.78. The van der Waals surface area contributed by atoms with Gasteiger partial charge in [0.1, 0.15) is 12.4 Å². The molecule has 0 saturated carbocycles. The van der Waals surface area contributed by atoms with Gasteiger partial charge < -0.3 is 9.94 Å². The third-order valence-electron chi connectivity index (χ3n) is 3.46. The zero-order valence-corrected chi connectivity index (χ0v) is 12.4. The number of benzene rings is 2. The van der Waals surface area contributed by atoms with Crippen molar-refractivity contribution in [2.75, 3.05) is 0 Å². The zero-order valence-electron chi connectivity index (χ0n) is 10.8. The average Bonchev–Trinajstić information content (AvgIpc) is 2.89. The van der Waals surface area contributed by atoms with E-state index in [1.165, 1.54) is 0 Å². The van der Waals surface area contributed by atoms with Gasteiger partial charge in [0, 0.05) is 15.6 Å². The van der Waals surface area contributed by atoms with E-state index in [-0.39, 0.29) is 0 Å². The fraction of sp³-hybridized carbons (Fsp3) is 0.188. The van der Waals surface area contributed by atoms with Crippen molar-refractivity contribution in [1.82, 2.24) is 0 Å². The van der Waals surface area contributed by atoms with Crippen LogP contribution in [0.4, 0.5) is 0 Å². The number of halogens is 1. The Balaban J connectivity index is 1.81. The van der Waals surface area contributed by atoms with Crippen LogP contribution in [0.1, 0.15) is 23.1 Å². The van der Waals surface area contributed by atoms with Crippen LogP contribution < -0.4 is 4.74 Å². The Labute approximate surface area is 126 Å². The molecule has 0 unspecified atom stereocenters. The van der Waals surface area contributed by atoms with Crippen molar-refractivity contribution in [2.24, 2.45) is 5.16 Å². The molecular formula is C16H14BrNO2. The van der Waals surface area contributed by atoms with Gasteiger partial charge in [-0.15, -0.1) is 0 Å². The lowest BCUT2D eigenvalue weighted by Crippen LogP contribution is -1.99. The third-order valence-corrected chi connectivity index (χ3v) is 3.95. The minimum Gasteiger partial charge on any atom is -0.489 e. The molecule has 0 saturated heterocycles. The first-order valence-corrected chi connectivity index (χ1v) is 7.27. The van der Waals surface area contributed by atoms with E-state index < -0.39 is 0 Å². The van der Waals surface area contributed by atoms with E-state index in [1.807, 2.05) is 42.5 Å². The number of nitrogens with zero attached hydrogens (tertiary/aromatic N) is 1. The monoisotopic (exact) mass is 331 g/mol. The molecule has 1 aliphatic rings. The highest BCUT2D eigenvalue weighted by molar-refractivity contribution is 9.10. The minimum atomic E-state index is 0.529. The Bertz CT molecular complexity index is 667. The maximum absolute atomic E-state index is 8.98. The molecule has 0 spiro atoms. The van der Waals surface area contributed by atoms with E-state index in [0.717, 1.165) is 45.5 Å².